The summed E-state index contributed by atoms with van der Waals surface area (Å²) >= 11 is 5.04. The lowest BCUT2D eigenvalue weighted by atomic mass is 10.2. The van der Waals surface area contributed by atoms with Crippen molar-refractivity contribution in [2.45, 2.75) is 6.92 Å². The molecule has 2 N–H and O–H groups in total. The first-order valence-electron chi connectivity index (χ1n) is 7.08. The number of amides is 1. The van der Waals surface area contributed by atoms with Gasteiger partial charge in [-0.15, -0.1) is 0 Å². The number of non-ortho nitro benzene ring substituents is 1. The van der Waals surface area contributed by atoms with Gasteiger partial charge in [-0.2, -0.15) is 0 Å². The molecule has 0 atom stereocenters. The molecule has 1 aromatic carbocycles. The number of nitrogens with one attached hydrogen (secondary N) is 2. The maximum absolute atomic E-state index is 11.8. The second-order valence-corrected chi connectivity index (χ2v) is 5.28. The standard InChI is InChI=1S/C16H15N3O5S/c1-10-3-5-12(24-10)6-8-15(20)18-16(25)17-13-9-11(19(21)22)4-7-14(13)23-2/h3-9H,1-2H3,(H2,17,18,20,25)/b8-6+. The lowest BCUT2D eigenvalue weighted by Crippen LogP contribution is -2.32. The third-order valence-corrected chi connectivity index (χ3v) is 3.24. The van der Waals surface area contributed by atoms with E-state index >= 15 is 0 Å². The predicted molar refractivity (Wildman–Crippen MR) is 96.5 cm³/mol. The van der Waals surface area contributed by atoms with Crippen molar-refractivity contribution in [3.05, 3.63) is 58.0 Å². The molecule has 0 spiro atoms. The summed E-state index contributed by atoms with van der Waals surface area (Å²) in [6.45, 7) is 1.79. The Bertz CT molecular complexity index is 844. The summed E-state index contributed by atoms with van der Waals surface area (Å²) in [4.78, 5) is 22.2. The van der Waals surface area contributed by atoms with Gasteiger partial charge >= 0.3 is 0 Å². The molecule has 0 bridgehead atoms. The van der Waals surface area contributed by atoms with Crippen molar-refractivity contribution >= 4 is 40.7 Å². The summed E-state index contributed by atoms with van der Waals surface area (Å²) in [5.41, 5.74) is 0.137. The van der Waals surface area contributed by atoms with Crippen LogP contribution in [0.3, 0.4) is 0 Å². The van der Waals surface area contributed by atoms with Crippen LogP contribution in [0.2, 0.25) is 0 Å². The van der Waals surface area contributed by atoms with Crippen LogP contribution in [0, 0.1) is 17.0 Å². The van der Waals surface area contributed by atoms with Gasteiger partial charge in [0, 0.05) is 18.2 Å². The summed E-state index contributed by atoms with van der Waals surface area (Å²) in [5, 5.41) is 16.0. The van der Waals surface area contributed by atoms with E-state index < -0.39 is 10.8 Å². The molecule has 1 heterocycles. The number of carbonyl (C=O) groups excluding carboxylic acids is 1. The van der Waals surface area contributed by atoms with E-state index in [1.165, 1.54) is 37.5 Å². The van der Waals surface area contributed by atoms with Crippen LogP contribution in [0.15, 0.2) is 40.8 Å². The van der Waals surface area contributed by atoms with Crippen molar-refractivity contribution in [3.63, 3.8) is 0 Å². The smallest absolute Gasteiger partial charge is 0.271 e. The quantitative estimate of drug-likeness (QED) is 0.365. The van der Waals surface area contributed by atoms with E-state index in [1.807, 2.05) is 0 Å². The third kappa shape index (κ3) is 5.15. The highest BCUT2D eigenvalue weighted by Crippen LogP contribution is 2.28. The first kappa shape index (κ1) is 18.1. The number of benzene rings is 1. The molecule has 1 amide bonds. The molecule has 2 aromatic rings. The number of nitro benzene ring substituents is 1. The fourth-order valence-corrected chi connectivity index (χ4v) is 2.13. The maximum atomic E-state index is 11.8. The van der Waals surface area contributed by atoms with Crippen molar-refractivity contribution in [3.8, 4) is 5.75 Å². The Labute approximate surface area is 148 Å². The number of thiocarbonyl (C=S) groups is 1. The SMILES string of the molecule is COc1ccc([N+](=O)[O-])cc1NC(=S)NC(=O)/C=C/c1ccc(C)o1. The Morgan fingerprint density at radius 2 is 2.12 bits per heavy atom. The van der Waals surface area contributed by atoms with Crippen LogP contribution in [0.1, 0.15) is 11.5 Å². The summed E-state index contributed by atoms with van der Waals surface area (Å²) in [5.74, 6) is 1.14. The van der Waals surface area contributed by atoms with Gasteiger partial charge in [0.15, 0.2) is 5.11 Å². The highest BCUT2D eigenvalue weighted by molar-refractivity contribution is 7.80. The zero-order valence-corrected chi connectivity index (χ0v) is 14.3. The topological polar surface area (TPSA) is 107 Å². The normalized spacial score (nSPS) is 10.5. The molecule has 0 fully saturated rings. The van der Waals surface area contributed by atoms with Crippen LogP contribution in [0.5, 0.6) is 5.75 Å². The van der Waals surface area contributed by atoms with E-state index in [1.54, 1.807) is 19.1 Å². The fourth-order valence-electron chi connectivity index (χ4n) is 1.92. The lowest BCUT2D eigenvalue weighted by molar-refractivity contribution is -0.384. The molecule has 0 aliphatic carbocycles. The van der Waals surface area contributed by atoms with Gasteiger partial charge in [0.25, 0.3) is 5.69 Å². The van der Waals surface area contributed by atoms with Crippen LogP contribution in [0.25, 0.3) is 6.08 Å². The largest absolute Gasteiger partial charge is 0.495 e. The van der Waals surface area contributed by atoms with Crippen molar-refractivity contribution in [2.75, 3.05) is 12.4 Å². The fraction of sp³-hybridized carbons (Fsp3) is 0.125. The van der Waals surface area contributed by atoms with Gasteiger partial charge in [0.1, 0.15) is 17.3 Å². The number of rotatable bonds is 5. The number of anilines is 1. The molecule has 0 aliphatic rings. The number of nitrogens with zero attached hydrogens (tertiary/aromatic N) is 1. The molecule has 25 heavy (non-hydrogen) atoms. The third-order valence-electron chi connectivity index (χ3n) is 3.04. The molecule has 0 unspecified atom stereocenters. The first-order valence-corrected chi connectivity index (χ1v) is 7.49. The molecular formula is C16H15N3O5S. The molecule has 2 rings (SSSR count). The molecular weight excluding hydrogens is 346 g/mol. The molecule has 0 aliphatic heterocycles. The number of nitro groups is 1. The van der Waals surface area contributed by atoms with E-state index in [9.17, 15) is 14.9 Å². The van der Waals surface area contributed by atoms with E-state index in [0.717, 1.165) is 5.76 Å². The molecule has 8 nitrogen and oxygen atoms in total. The minimum atomic E-state index is -0.541. The predicted octanol–water partition coefficient (Wildman–Crippen LogP) is 3.03. The Hall–Kier alpha value is -3.20. The number of hydrogen-bond acceptors (Lipinski definition) is 6. The Kier molecular flexibility index (Phi) is 5.85. The average Bonchev–Trinajstić information content (AvgIpc) is 2.98. The van der Waals surface area contributed by atoms with Crippen molar-refractivity contribution in [1.82, 2.24) is 5.32 Å². The van der Waals surface area contributed by atoms with Crippen LogP contribution >= 0.6 is 12.2 Å². The highest BCUT2D eigenvalue weighted by atomic mass is 32.1. The Morgan fingerprint density at radius 1 is 1.36 bits per heavy atom. The minimum Gasteiger partial charge on any atom is -0.495 e. The zero-order valence-electron chi connectivity index (χ0n) is 13.4. The summed E-state index contributed by atoms with van der Waals surface area (Å²) in [6, 6.07) is 7.50. The van der Waals surface area contributed by atoms with Crippen molar-refractivity contribution in [1.29, 1.82) is 0 Å². The molecule has 1 aromatic heterocycles. The first-order chi connectivity index (χ1) is 11.9. The van der Waals surface area contributed by atoms with Gasteiger partial charge in [0.2, 0.25) is 5.91 Å². The minimum absolute atomic E-state index is 0.0240. The van der Waals surface area contributed by atoms with Crippen LogP contribution in [0.4, 0.5) is 11.4 Å². The van der Waals surface area contributed by atoms with Gasteiger partial charge < -0.3 is 14.5 Å². The summed E-state index contributed by atoms with van der Waals surface area (Å²) < 4.78 is 10.4. The number of ether oxygens (including phenoxy) is 1. The van der Waals surface area contributed by atoms with E-state index in [4.69, 9.17) is 21.4 Å². The zero-order chi connectivity index (χ0) is 18.4. The lowest BCUT2D eigenvalue weighted by Gasteiger charge is -2.11. The van der Waals surface area contributed by atoms with Crippen molar-refractivity contribution in [2.24, 2.45) is 0 Å². The number of furan rings is 1. The molecule has 0 saturated heterocycles. The second kappa shape index (κ2) is 8.06. The highest BCUT2D eigenvalue weighted by Gasteiger charge is 2.13. The van der Waals surface area contributed by atoms with Crippen LogP contribution in [-0.2, 0) is 4.79 Å². The van der Waals surface area contributed by atoms with E-state index in [-0.39, 0.29) is 16.5 Å². The van der Waals surface area contributed by atoms with Gasteiger partial charge in [0.05, 0.1) is 17.7 Å². The van der Waals surface area contributed by atoms with Gasteiger partial charge in [-0.25, -0.2) is 0 Å². The maximum Gasteiger partial charge on any atom is 0.271 e. The number of carbonyl (C=O) groups is 1. The molecule has 9 heteroatoms. The van der Waals surface area contributed by atoms with Crippen LogP contribution < -0.4 is 15.4 Å². The van der Waals surface area contributed by atoms with Crippen molar-refractivity contribution < 1.29 is 18.9 Å². The number of methoxy groups -OCH3 is 1. The summed E-state index contributed by atoms with van der Waals surface area (Å²) in [7, 11) is 1.42. The molecule has 0 saturated carbocycles. The number of hydrogen-bond donors (Lipinski definition) is 2. The van der Waals surface area contributed by atoms with E-state index in [0.29, 0.717) is 11.5 Å². The van der Waals surface area contributed by atoms with E-state index in [2.05, 4.69) is 10.6 Å². The second-order valence-electron chi connectivity index (χ2n) is 4.87. The Morgan fingerprint density at radius 3 is 2.72 bits per heavy atom. The van der Waals surface area contributed by atoms with Crippen LogP contribution in [-0.4, -0.2) is 23.1 Å². The number of aryl methyl sites for hydroxylation is 1. The Balaban J connectivity index is 2.01. The average molecular weight is 361 g/mol. The molecule has 130 valence electrons. The van der Waals surface area contributed by atoms with Gasteiger partial charge in [-0.1, -0.05) is 0 Å². The van der Waals surface area contributed by atoms with Gasteiger partial charge in [-0.3, -0.25) is 20.2 Å². The monoisotopic (exact) mass is 361 g/mol. The van der Waals surface area contributed by atoms with Gasteiger partial charge in [-0.05, 0) is 43.4 Å². The molecule has 0 radical (unpaired) electrons. The summed E-state index contributed by atoms with van der Waals surface area (Å²) in [6.07, 6.45) is 2.76.